The van der Waals surface area contributed by atoms with E-state index in [1.54, 1.807) is 37.3 Å². The van der Waals surface area contributed by atoms with Crippen LogP contribution in [-0.4, -0.2) is 54.8 Å². The highest BCUT2D eigenvalue weighted by Crippen LogP contribution is 2.36. The Morgan fingerprint density at radius 1 is 1.08 bits per heavy atom. The van der Waals surface area contributed by atoms with Gasteiger partial charge in [0.05, 0.1) is 24.6 Å². The standard InChI is InChI=1S/C26H28ClN3O6/c1-16(2)25-24(17(3)36-29-25)26(32)30-10-11-33-12-13-34-21-6-4-5-7-22(21)35-20-9-8-18(27)14-19(20)28-23(31)15-30/h4-9,14,16H,10-13,15H2,1-3H3,(H,28,31). The van der Waals surface area contributed by atoms with Crippen molar-refractivity contribution in [2.24, 2.45) is 0 Å². The SMILES string of the molecule is Cc1onc(C(C)C)c1C(=O)N1CCOCCOc2ccccc2Oc2ccc(Cl)cc2NC(=O)C1. The quantitative estimate of drug-likeness (QED) is 0.512. The predicted molar refractivity (Wildman–Crippen MR) is 134 cm³/mol. The molecule has 36 heavy (non-hydrogen) atoms. The normalized spacial score (nSPS) is 15.0. The molecule has 1 aromatic heterocycles. The van der Waals surface area contributed by atoms with Crippen LogP contribution in [0.2, 0.25) is 5.02 Å². The second-order valence-corrected chi connectivity index (χ2v) is 9.02. The number of aryl methyl sites for hydroxylation is 1. The van der Waals surface area contributed by atoms with Crippen LogP contribution in [0.15, 0.2) is 47.0 Å². The number of amides is 2. The lowest BCUT2D eigenvalue weighted by atomic mass is 10.0. The molecule has 10 heteroatoms. The molecule has 0 spiro atoms. The Hall–Kier alpha value is -3.56. The summed E-state index contributed by atoms with van der Waals surface area (Å²) in [6.07, 6.45) is 0. The second-order valence-electron chi connectivity index (χ2n) is 8.58. The third kappa shape index (κ3) is 5.98. The zero-order chi connectivity index (χ0) is 25.7. The van der Waals surface area contributed by atoms with Gasteiger partial charge >= 0.3 is 0 Å². The van der Waals surface area contributed by atoms with Crippen molar-refractivity contribution in [1.82, 2.24) is 10.1 Å². The van der Waals surface area contributed by atoms with Crippen LogP contribution in [0.5, 0.6) is 17.2 Å². The average molecular weight is 514 g/mol. The summed E-state index contributed by atoms with van der Waals surface area (Å²) in [5.41, 5.74) is 1.28. The molecule has 1 N–H and O–H groups in total. The molecule has 2 aromatic carbocycles. The van der Waals surface area contributed by atoms with Crippen molar-refractivity contribution in [2.75, 3.05) is 38.2 Å². The Morgan fingerprint density at radius 3 is 2.64 bits per heavy atom. The first-order valence-electron chi connectivity index (χ1n) is 11.7. The molecule has 0 fully saturated rings. The van der Waals surface area contributed by atoms with E-state index in [0.29, 0.717) is 45.0 Å². The Labute approximate surface area is 214 Å². The smallest absolute Gasteiger partial charge is 0.259 e. The molecular weight excluding hydrogens is 486 g/mol. The van der Waals surface area contributed by atoms with Gasteiger partial charge in [-0.15, -0.1) is 0 Å². The van der Waals surface area contributed by atoms with Gasteiger partial charge < -0.3 is 29.0 Å². The molecule has 0 atom stereocenters. The van der Waals surface area contributed by atoms with Crippen molar-refractivity contribution in [3.63, 3.8) is 0 Å². The fourth-order valence-corrected chi connectivity index (χ4v) is 3.94. The van der Waals surface area contributed by atoms with Gasteiger partial charge in [0.2, 0.25) is 5.91 Å². The lowest BCUT2D eigenvalue weighted by Gasteiger charge is -2.23. The van der Waals surface area contributed by atoms with Gasteiger partial charge in [-0.1, -0.05) is 42.7 Å². The highest BCUT2D eigenvalue weighted by molar-refractivity contribution is 6.31. The molecule has 1 aliphatic rings. The van der Waals surface area contributed by atoms with E-state index in [4.69, 9.17) is 30.3 Å². The summed E-state index contributed by atoms with van der Waals surface area (Å²) in [6, 6.07) is 12.1. The van der Waals surface area contributed by atoms with Crippen molar-refractivity contribution < 1.29 is 28.3 Å². The fraction of sp³-hybridized carbons (Fsp3) is 0.346. The van der Waals surface area contributed by atoms with Crippen molar-refractivity contribution in [3.05, 3.63) is 64.5 Å². The van der Waals surface area contributed by atoms with Crippen LogP contribution in [0.4, 0.5) is 5.69 Å². The predicted octanol–water partition coefficient (Wildman–Crippen LogP) is 5.04. The Kier molecular flexibility index (Phi) is 8.12. The molecular formula is C26H28ClN3O6. The third-order valence-electron chi connectivity index (χ3n) is 5.55. The van der Waals surface area contributed by atoms with E-state index >= 15 is 0 Å². The van der Waals surface area contributed by atoms with Crippen LogP contribution >= 0.6 is 11.6 Å². The zero-order valence-electron chi connectivity index (χ0n) is 20.4. The van der Waals surface area contributed by atoms with Crippen LogP contribution in [-0.2, 0) is 9.53 Å². The summed E-state index contributed by atoms with van der Waals surface area (Å²) in [7, 11) is 0. The number of fused-ring (bicyclic) bond motifs is 2. The maximum absolute atomic E-state index is 13.5. The molecule has 3 aromatic rings. The molecule has 0 aliphatic carbocycles. The topological polar surface area (TPSA) is 103 Å². The lowest BCUT2D eigenvalue weighted by Crippen LogP contribution is -2.40. The number of nitrogens with zero attached hydrogens (tertiary/aromatic N) is 2. The van der Waals surface area contributed by atoms with Gasteiger partial charge in [-0.2, -0.15) is 0 Å². The molecule has 0 radical (unpaired) electrons. The average Bonchev–Trinajstić information content (AvgIpc) is 3.23. The summed E-state index contributed by atoms with van der Waals surface area (Å²) < 4.78 is 22.9. The highest BCUT2D eigenvalue weighted by atomic mass is 35.5. The number of halogens is 1. The second kappa shape index (κ2) is 11.5. The van der Waals surface area contributed by atoms with Gasteiger partial charge in [-0.05, 0) is 43.2 Å². The van der Waals surface area contributed by atoms with Gasteiger partial charge in [0.25, 0.3) is 5.91 Å². The van der Waals surface area contributed by atoms with Crippen LogP contribution < -0.4 is 14.8 Å². The summed E-state index contributed by atoms with van der Waals surface area (Å²) in [4.78, 5) is 28.1. The van der Waals surface area contributed by atoms with Crippen molar-refractivity contribution in [3.8, 4) is 17.2 Å². The maximum Gasteiger partial charge on any atom is 0.259 e. The number of para-hydroxylation sites is 2. The number of nitrogens with one attached hydrogen (secondary N) is 1. The number of carbonyl (C=O) groups excluding carboxylic acids is 2. The molecule has 4 rings (SSSR count). The number of aromatic nitrogens is 1. The van der Waals surface area contributed by atoms with Gasteiger partial charge in [-0.25, -0.2) is 0 Å². The number of benzene rings is 2. The summed E-state index contributed by atoms with van der Waals surface area (Å²) in [6.45, 7) is 6.28. The van der Waals surface area contributed by atoms with E-state index in [1.807, 2.05) is 26.0 Å². The summed E-state index contributed by atoms with van der Waals surface area (Å²) >= 11 is 6.20. The highest BCUT2D eigenvalue weighted by Gasteiger charge is 2.28. The molecule has 0 bridgehead atoms. The first-order chi connectivity index (χ1) is 17.3. The van der Waals surface area contributed by atoms with Gasteiger partial charge in [0.1, 0.15) is 24.5 Å². The minimum absolute atomic E-state index is 0.0279. The largest absolute Gasteiger partial charge is 0.487 e. The Morgan fingerprint density at radius 2 is 1.86 bits per heavy atom. The minimum Gasteiger partial charge on any atom is -0.487 e. The van der Waals surface area contributed by atoms with Gasteiger partial charge in [0.15, 0.2) is 17.2 Å². The maximum atomic E-state index is 13.5. The van der Waals surface area contributed by atoms with E-state index in [1.165, 1.54) is 4.90 Å². The first-order valence-corrected chi connectivity index (χ1v) is 12.0. The molecule has 0 saturated heterocycles. The van der Waals surface area contributed by atoms with E-state index < -0.39 is 5.91 Å². The van der Waals surface area contributed by atoms with Crippen LogP contribution in [0.1, 0.15) is 41.6 Å². The molecule has 9 nitrogen and oxygen atoms in total. The molecule has 2 amide bonds. The van der Waals surface area contributed by atoms with E-state index in [-0.39, 0.29) is 44.7 Å². The van der Waals surface area contributed by atoms with Gasteiger partial charge in [0, 0.05) is 11.6 Å². The van der Waals surface area contributed by atoms with E-state index in [9.17, 15) is 9.59 Å². The van der Waals surface area contributed by atoms with Crippen molar-refractivity contribution >= 4 is 29.1 Å². The summed E-state index contributed by atoms with van der Waals surface area (Å²) in [5.74, 6) is 0.986. The molecule has 0 saturated carbocycles. The zero-order valence-corrected chi connectivity index (χ0v) is 21.1. The molecule has 2 heterocycles. The van der Waals surface area contributed by atoms with Crippen LogP contribution in [0.25, 0.3) is 0 Å². The number of ether oxygens (including phenoxy) is 3. The first kappa shape index (κ1) is 25.5. The van der Waals surface area contributed by atoms with Crippen LogP contribution in [0.3, 0.4) is 0 Å². The van der Waals surface area contributed by atoms with E-state index in [2.05, 4.69) is 10.5 Å². The number of carbonyl (C=O) groups is 2. The minimum atomic E-state index is -0.421. The fourth-order valence-electron chi connectivity index (χ4n) is 3.77. The number of hydrogen-bond donors (Lipinski definition) is 1. The molecule has 0 unspecified atom stereocenters. The van der Waals surface area contributed by atoms with Gasteiger partial charge in [-0.3, -0.25) is 9.59 Å². The molecule has 190 valence electrons. The number of hydrogen-bond acceptors (Lipinski definition) is 7. The van der Waals surface area contributed by atoms with Crippen LogP contribution in [0, 0.1) is 6.92 Å². The third-order valence-corrected chi connectivity index (χ3v) is 5.78. The Bertz CT molecular complexity index is 1240. The van der Waals surface area contributed by atoms with Crippen molar-refractivity contribution in [2.45, 2.75) is 26.7 Å². The number of rotatable bonds is 2. The molecule has 1 aliphatic heterocycles. The van der Waals surface area contributed by atoms with Crippen molar-refractivity contribution in [1.29, 1.82) is 0 Å². The van der Waals surface area contributed by atoms with E-state index in [0.717, 1.165) is 0 Å². The lowest BCUT2D eigenvalue weighted by molar-refractivity contribution is -0.117. The Balaban J connectivity index is 1.64. The number of anilines is 1. The summed E-state index contributed by atoms with van der Waals surface area (Å²) in [5, 5.41) is 7.28. The monoisotopic (exact) mass is 513 g/mol.